The van der Waals surface area contributed by atoms with Crippen molar-refractivity contribution < 1.29 is 4.79 Å². The summed E-state index contributed by atoms with van der Waals surface area (Å²) in [5, 5.41) is 1.12. The van der Waals surface area contributed by atoms with Gasteiger partial charge < -0.3 is 15.5 Å². The quantitative estimate of drug-likeness (QED) is 0.903. The van der Waals surface area contributed by atoms with Gasteiger partial charge in [-0.05, 0) is 25.6 Å². The van der Waals surface area contributed by atoms with Gasteiger partial charge in [-0.1, -0.05) is 13.8 Å². The summed E-state index contributed by atoms with van der Waals surface area (Å²) in [4.78, 5) is 19.2. The molecule has 1 fully saturated rings. The van der Waals surface area contributed by atoms with Crippen LogP contribution in [0.1, 0.15) is 29.9 Å². The van der Waals surface area contributed by atoms with Crippen LogP contribution in [0.15, 0.2) is 6.07 Å². The van der Waals surface area contributed by atoms with Crippen LogP contribution >= 0.6 is 11.3 Å². The summed E-state index contributed by atoms with van der Waals surface area (Å²) < 4.78 is 0. The molecule has 1 amide bonds. The number of hydrogen-bond acceptors (Lipinski definition) is 5. The van der Waals surface area contributed by atoms with Crippen LogP contribution in [0.2, 0.25) is 0 Å². The highest BCUT2D eigenvalue weighted by Crippen LogP contribution is 2.35. The molecule has 5 nitrogen and oxygen atoms in total. The van der Waals surface area contributed by atoms with Crippen molar-refractivity contribution in [1.82, 2.24) is 9.80 Å². The van der Waals surface area contributed by atoms with Crippen molar-refractivity contribution in [3.05, 3.63) is 10.9 Å². The van der Waals surface area contributed by atoms with Crippen molar-refractivity contribution in [3.63, 3.8) is 0 Å². The number of nitrogens with two attached hydrogens (primary N) is 1. The van der Waals surface area contributed by atoms with Crippen molar-refractivity contribution in [2.75, 3.05) is 50.9 Å². The second-order valence-corrected chi connectivity index (χ2v) is 6.71. The van der Waals surface area contributed by atoms with E-state index in [2.05, 4.69) is 23.6 Å². The lowest BCUT2D eigenvalue weighted by Crippen LogP contribution is -2.37. The van der Waals surface area contributed by atoms with E-state index in [1.54, 1.807) is 19.0 Å². The van der Waals surface area contributed by atoms with E-state index in [9.17, 15) is 4.79 Å². The van der Waals surface area contributed by atoms with Crippen LogP contribution in [0, 0.1) is 0 Å². The molecule has 0 bridgehead atoms. The van der Waals surface area contributed by atoms with E-state index in [1.807, 2.05) is 6.07 Å². The van der Waals surface area contributed by atoms with E-state index in [0.29, 0.717) is 16.6 Å². The Morgan fingerprint density at radius 1 is 1.43 bits per heavy atom. The van der Waals surface area contributed by atoms with Gasteiger partial charge in [0.25, 0.3) is 5.91 Å². The molecular formula is C15H26N4OS. The van der Waals surface area contributed by atoms with Gasteiger partial charge in [-0.3, -0.25) is 9.69 Å². The zero-order valence-corrected chi connectivity index (χ0v) is 14.2. The first kappa shape index (κ1) is 16.1. The minimum absolute atomic E-state index is 0.0109. The highest BCUT2D eigenvalue weighted by molar-refractivity contribution is 7.18. The molecule has 1 aromatic rings. The fourth-order valence-corrected chi connectivity index (χ4v) is 4.03. The highest BCUT2D eigenvalue weighted by atomic mass is 32.1. The van der Waals surface area contributed by atoms with Gasteiger partial charge in [0.1, 0.15) is 4.88 Å². The SMILES string of the molecule is CCN(CC)C1CCN(c2cc(N)c(C(=O)N(C)C)s2)C1. The number of likely N-dealkylation sites (N-methyl/N-ethyl adjacent to an activating group) is 1. The Balaban J connectivity index is 2.10. The molecule has 1 unspecified atom stereocenters. The smallest absolute Gasteiger partial charge is 0.265 e. The van der Waals surface area contributed by atoms with E-state index in [4.69, 9.17) is 5.73 Å². The van der Waals surface area contributed by atoms with Crippen LogP contribution in [0.5, 0.6) is 0 Å². The number of anilines is 2. The third-order valence-corrected chi connectivity index (χ3v) is 5.35. The molecule has 1 saturated heterocycles. The zero-order valence-electron chi connectivity index (χ0n) is 13.4. The number of nitrogens with zero attached hydrogens (tertiary/aromatic N) is 3. The lowest BCUT2D eigenvalue weighted by molar-refractivity contribution is 0.0833. The summed E-state index contributed by atoms with van der Waals surface area (Å²) >= 11 is 1.51. The topological polar surface area (TPSA) is 52.8 Å². The zero-order chi connectivity index (χ0) is 15.6. The highest BCUT2D eigenvalue weighted by Gasteiger charge is 2.28. The molecule has 0 aromatic carbocycles. The molecule has 0 spiro atoms. The molecule has 1 aromatic heterocycles. The summed E-state index contributed by atoms with van der Waals surface area (Å²) in [6.07, 6.45) is 1.18. The molecule has 1 aliphatic heterocycles. The maximum absolute atomic E-state index is 12.1. The first-order chi connectivity index (χ1) is 9.97. The third kappa shape index (κ3) is 3.32. The number of hydrogen-bond donors (Lipinski definition) is 1. The summed E-state index contributed by atoms with van der Waals surface area (Å²) in [7, 11) is 3.51. The molecule has 0 saturated carbocycles. The lowest BCUT2D eigenvalue weighted by Gasteiger charge is -2.26. The number of thiophene rings is 1. The fourth-order valence-electron chi connectivity index (χ4n) is 2.90. The molecule has 2 heterocycles. The maximum atomic E-state index is 12.1. The van der Waals surface area contributed by atoms with Crippen LogP contribution in [-0.2, 0) is 0 Å². The first-order valence-electron chi connectivity index (χ1n) is 7.57. The Morgan fingerprint density at radius 3 is 2.67 bits per heavy atom. The van der Waals surface area contributed by atoms with E-state index < -0.39 is 0 Å². The predicted octanol–water partition coefficient (Wildman–Crippen LogP) is 1.95. The van der Waals surface area contributed by atoms with Crippen LogP contribution in [0.3, 0.4) is 0 Å². The van der Waals surface area contributed by atoms with Gasteiger partial charge in [0, 0.05) is 33.2 Å². The normalized spacial score (nSPS) is 18.5. The van der Waals surface area contributed by atoms with Gasteiger partial charge in [0.15, 0.2) is 0 Å². The number of rotatable bonds is 5. The summed E-state index contributed by atoms with van der Waals surface area (Å²) in [5.74, 6) is -0.0109. The Kier molecular flexibility index (Phi) is 5.11. The van der Waals surface area contributed by atoms with Crippen LogP contribution in [-0.4, -0.2) is 62.0 Å². The number of amides is 1. The van der Waals surface area contributed by atoms with Crippen molar-refractivity contribution >= 4 is 27.9 Å². The molecule has 2 N–H and O–H groups in total. The molecule has 1 aliphatic rings. The van der Waals surface area contributed by atoms with Crippen LogP contribution in [0.25, 0.3) is 0 Å². The van der Waals surface area contributed by atoms with Gasteiger partial charge in [-0.2, -0.15) is 0 Å². The Morgan fingerprint density at radius 2 is 2.10 bits per heavy atom. The molecular weight excluding hydrogens is 284 g/mol. The molecule has 21 heavy (non-hydrogen) atoms. The van der Waals surface area contributed by atoms with Crippen LogP contribution < -0.4 is 10.6 Å². The Labute approximate surface area is 131 Å². The maximum Gasteiger partial charge on any atom is 0.265 e. The van der Waals surface area contributed by atoms with Gasteiger partial charge in [0.2, 0.25) is 0 Å². The molecule has 2 rings (SSSR count). The lowest BCUT2D eigenvalue weighted by atomic mass is 10.2. The van der Waals surface area contributed by atoms with Gasteiger partial charge in [-0.15, -0.1) is 11.3 Å². The third-order valence-electron chi connectivity index (χ3n) is 4.15. The van der Waals surface area contributed by atoms with Gasteiger partial charge in [0.05, 0.1) is 10.7 Å². The van der Waals surface area contributed by atoms with Gasteiger partial charge in [-0.25, -0.2) is 0 Å². The van der Waals surface area contributed by atoms with Crippen molar-refractivity contribution in [2.24, 2.45) is 0 Å². The summed E-state index contributed by atoms with van der Waals surface area (Å²) in [6, 6.07) is 2.56. The summed E-state index contributed by atoms with van der Waals surface area (Å²) in [5.41, 5.74) is 6.62. The van der Waals surface area contributed by atoms with Crippen molar-refractivity contribution in [3.8, 4) is 0 Å². The second kappa shape index (κ2) is 6.66. The molecule has 0 radical (unpaired) electrons. The minimum atomic E-state index is -0.0109. The Bertz CT molecular complexity index is 496. The monoisotopic (exact) mass is 310 g/mol. The first-order valence-corrected chi connectivity index (χ1v) is 8.39. The number of carbonyl (C=O) groups is 1. The summed E-state index contributed by atoms with van der Waals surface area (Å²) in [6.45, 7) is 8.66. The molecule has 1 atom stereocenters. The average molecular weight is 310 g/mol. The minimum Gasteiger partial charge on any atom is -0.397 e. The molecule has 6 heteroatoms. The second-order valence-electron chi connectivity index (χ2n) is 5.68. The molecule has 118 valence electrons. The van der Waals surface area contributed by atoms with Crippen LogP contribution in [0.4, 0.5) is 10.7 Å². The largest absolute Gasteiger partial charge is 0.397 e. The average Bonchev–Trinajstić information content (AvgIpc) is 3.06. The number of nitrogen functional groups attached to an aromatic ring is 1. The predicted molar refractivity (Wildman–Crippen MR) is 90.3 cm³/mol. The fraction of sp³-hybridized carbons (Fsp3) is 0.667. The van der Waals surface area contributed by atoms with E-state index in [0.717, 1.165) is 31.2 Å². The number of carbonyl (C=O) groups excluding carboxylic acids is 1. The van der Waals surface area contributed by atoms with Crippen molar-refractivity contribution in [2.45, 2.75) is 26.3 Å². The standard InChI is InChI=1S/C15H26N4OS/c1-5-18(6-2)11-7-8-19(10-11)13-9-12(16)14(21-13)15(20)17(3)4/h9,11H,5-8,10,16H2,1-4H3. The van der Waals surface area contributed by atoms with E-state index in [-0.39, 0.29) is 5.91 Å². The van der Waals surface area contributed by atoms with E-state index in [1.165, 1.54) is 17.8 Å². The molecule has 0 aliphatic carbocycles. The Hall–Kier alpha value is -1.27. The van der Waals surface area contributed by atoms with E-state index >= 15 is 0 Å². The van der Waals surface area contributed by atoms with Crippen molar-refractivity contribution in [1.29, 1.82) is 0 Å². The van der Waals surface area contributed by atoms with Gasteiger partial charge >= 0.3 is 0 Å².